The predicted molar refractivity (Wildman–Crippen MR) is 68.8 cm³/mol. The van der Waals surface area contributed by atoms with Gasteiger partial charge in [-0.3, -0.25) is 0 Å². The number of nitrogens with zero attached hydrogens (tertiary/aromatic N) is 1. The van der Waals surface area contributed by atoms with Gasteiger partial charge in [0, 0.05) is 26.4 Å². The normalized spacial score (nSPS) is 17.3. The van der Waals surface area contributed by atoms with Gasteiger partial charge in [-0.15, -0.1) is 0 Å². The van der Waals surface area contributed by atoms with Crippen LogP contribution < -0.4 is 4.74 Å². The minimum Gasteiger partial charge on any atom is -0.491 e. The fraction of sp³-hybridized carbons (Fsp3) is 0.583. The predicted octanol–water partition coefficient (Wildman–Crippen LogP) is 1.74. The molecule has 18 heavy (non-hydrogen) atoms. The third-order valence-corrected chi connectivity index (χ3v) is 3.26. The van der Waals surface area contributed by atoms with Crippen LogP contribution in [0.3, 0.4) is 0 Å². The van der Waals surface area contributed by atoms with Crippen LogP contribution in [0, 0.1) is 0 Å². The fourth-order valence-corrected chi connectivity index (χ4v) is 2.11. The van der Waals surface area contributed by atoms with E-state index in [0.29, 0.717) is 26.4 Å². The zero-order chi connectivity index (χ0) is 13.0. The monoisotopic (exact) mass is 317 g/mol. The van der Waals surface area contributed by atoms with Gasteiger partial charge >= 0.3 is 0 Å². The van der Waals surface area contributed by atoms with E-state index in [-0.39, 0.29) is 0 Å². The van der Waals surface area contributed by atoms with E-state index in [1.54, 1.807) is 14.2 Å². The number of ether oxygens (including phenoxy) is 4. The molecule has 1 aliphatic rings. The Hall–Kier alpha value is -0.690. The van der Waals surface area contributed by atoms with Crippen LogP contribution >= 0.6 is 15.9 Å². The fourth-order valence-electron chi connectivity index (χ4n) is 1.69. The van der Waals surface area contributed by atoms with E-state index in [4.69, 9.17) is 18.9 Å². The highest BCUT2D eigenvalue weighted by Gasteiger charge is 2.42. The van der Waals surface area contributed by atoms with Crippen LogP contribution in [0.5, 0.6) is 5.75 Å². The molecular weight excluding hydrogens is 302 g/mol. The summed E-state index contributed by atoms with van der Waals surface area (Å²) in [6.45, 7) is 2.09. The third-order valence-electron chi connectivity index (χ3n) is 2.85. The maximum Gasteiger partial charge on any atom is 0.156 e. The van der Waals surface area contributed by atoms with E-state index >= 15 is 0 Å². The number of methoxy groups -OCH3 is 2. The number of hydrogen-bond donors (Lipinski definition) is 0. The highest BCUT2D eigenvalue weighted by atomic mass is 79.9. The maximum absolute atomic E-state index is 5.58. The number of aromatic nitrogens is 1. The third kappa shape index (κ3) is 2.83. The molecule has 0 bridgehead atoms. The van der Waals surface area contributed by atoms with E-state index in [1.807, 2.05) is 12.1 Å². The minimum absolute atomic E-state index is 0.441. The Morgan fingerprint density at radius 2 is 2.11 bits per heavy atom. The Labute approximate surface area is 115 Å². The Morgan fingerprint density at radius 3 is 2.67 bits per heavy atom. The first-order chi connectivity index (χ1) is 8.70. The molecule has 1 fully saturated rings. The SMILES string of the molecule is COCCOc1cc(Br)nc(C2(OC)COC2)c1. The molecule has 0 aliphatic carbocycles. The summed E-state index contributed by atoms with van der Waals surface area (Å²) in [5, 5.41) is 0. The van der Waals surface area contributed by atoms with Crippen molar-refractivity contribution in [3.05, 3.63) is 22.4 Å². The van der Waals surface area contributed by atoms with Gasteiger partial charge in [0.15, 0.2) is 5.60 Å². The second-order valence-electron chi connectivity index (χ2n) is 4.04. The van der Waals surface area contributed by atoms with Crippen molar-refractivity contribution in [2.45, 2.75) is 5.60 Å². The molecule has 0 atom stereocenters. The minimum atomic E-state index is -0.441. The molecule has 1 aliphatic heterocycles. The highest BCUT2D eigenvalue weighted by Crippen LogP contribution is 2.34. The van der Waals surface area contributed by atoms with Crippen LogP contribution in [-0.4, -0.2) is 45.6 Å². The Bertz CT molecular complexity index is 404. The van der Waals surface area contributed by atoms with Gasteiger partial charge in [0.25, 0.3) is 0 Å². The summed E-state index contributed by atoms with van der Waals surface area (Å²) in [6, 6.07) is 3.70. The molecule has 5 nitrogen and oxygen atoms in total. The molecule has 0 amide bonds. The molecule has 0 aromatic carbocycles. The average molecular weight is 318 g/mol. The standard InChI is InChI=1S/C12H16BrNO4/c1-15-3-4-18-9-5-10(14-11(13)6-9)12(16-2)7-17-8-12/h5-6H,3-4,7-8H2,1-2H3. The van der Waals surface area contributed by atoms with Crippen molar-refractivity contribution in [3.63, 3.8) is 0 Å². The smallest absolute Gasteiger partial charge is 0.156 e. The second kappa shape index (κ2) is 5.97. The zero-order valence-electron chi connectivity index (χ0n) is 10.4. The van der Waals surface area contributed by atoms with E-state index in [0.717, 1.165) is 16.0 Å². The Balaban J connectivity index is 2.15. The van der Waals surface area contributed by atoms with E-state index < -0.39 is 5.60 Å². The van der Waals surface area contributed by atoms with Crippen molar-refractivity contribution in [2.75, 3.05) is 40.6 Å². The van der Waals surface area contributed by atoms with E-state index in [2.05, 4.69) is 20.9 Å². The molecule has 0 radical (unpaired) electrons. The molecule has 100 valence electrons. The number of hydrogen-bond acceptors (Lipinski definition) is 5. The number of pyridine rings is 1. The zero-order valence-corrected chi connectivity index (χ0v) is 12.0. The number of rotatable bonds is 6. The molecule has 1 aromatic heterocycles. The summed E-state index contributed by atoms with van der Waals surface area (Å²) in [5.74, 6) is 0.743. The molecule has 0 saturated carbocycles. The lowest BCUT2D eigenvalue weighted by molar-refractivity contribution is -0.204. The Kier molecular flexibility index (Phi) is 4.55. The van der Waals surface area contributed by atoms with Gasteiger partial charge in [-0.2, -0.15) is 0 Å². The van der Waals surface area contributed by atoms with Crippen LogP contribution in [-0.2, 0) is 19.8 Å². The quantitative estimate of drug-likeness (QED) is 0.591. The lowest BCUT2D eigenvalue weighted by atomic mass is 9.96. The second-order valence-corrected chi connectivity index (χ2v) is 4.86. The molecule has 6 heteroatoms. The maximum atomic E-state index is 5.58. The lowest BCUT2D eigenvalue weighted by Gasteiger charge is -2.39. The van der Waals surface area contributed by atoms with Gasteiger partial charge in [0.1, 0.15) is 17.0 Å². The average Bonchev–Trinajstić information content (AvgIpc) is 2.28. The van der Waals surface area contributed by atoms with Gasteiger partial charge in [-0.1, -0.05) is 0 Å². The van der Waals surface area contributed by atoms with Crippen LogP contribution in [0.25, 0.3) is 0 Å². The summed E-state index contributed by atoms with van der Waals surface area (Å²) in [7, 11) is 3.30. The van der Waals surface area contributed by atoms with Crippen LogP contribution in [0.2, 0.25) is 0 Å². The van der Waals surface area contributed by atoms with Crippen molar-refractivity contribution >= 4 is 15.9 Å². The molecule has 1 saturated heterocycles. The summed E-state index contributed by atoms with van der Waals surface area (Å²) in [5.41, 5.74) is 0.376. The molecule has 2 heterocycles. The first-order valence-corrected chi connectivity index (χ1v) is 6.42. The van der Waals surface area contributed by atoms with Crippen molar-refractivity contribution in [1.29, 1.82) is 0 Å². The number of halogens is 1. The molecule has 1 aromatic rings. The largest absolute Gasteiger partial charge is 0.491 e. The topological polar surface area (TPSA) is 49.8 Å². The first kappa shape index (κ1) is 13.7. The summed E-state index contributed by atoms with van der Waals surface area (Å²) in [6.07, 6.45) is 0. The molecule has 0 unspecified atom stereocenters. The van der Waals surface area contributed by atoms with Crippen molar-refractivity contribution < 1.29 is 18.9 Å². The molecule has 0 N–H and O–H groups in total. The van der Waals surface area contributed by atoms with Crippen molar-refractivity contribution in [3.8, 4) is 5.75 Å². The van der Waals surface area contributed by atoms with E-state index in [9.17, 15) is 0 Å². The van der Waals surface area contributed by atoms with Crippen LogP contribution in [0.15, 0.2) is 16.7 Å². The van der Waals surface area contributed by atoms with Crippen LogP contribution in [0.4, 0.5) is 0 Å². The van der Waals surface area contributed by atoms with Crippen molar-refractivity contribution in [2.24, 2.45) is 0 Å². The van der Waals surface area contributed by atoms with E-state index in [1.165, 1.54) is 0 Å². The molecule has 2 rings (SSSR count). The van der Waals surface area contributed by atoms with Gasteiger partial charge in [0.05, 0.1) is 25.5 Å². The first-order valence-electron chi connectivity index (χ1n) is 5.63. The Morgan fingerprint density at radius 1 is 1.33 bits per heavy atom. The summed E-state index contributed by atoms with van der Waals surface area (Å²) >= 11 is 3.38. The van der Waals surface area contributed by atoms with Crippen LogP contribution in [0.1, 0.15) is 5.69 Å². The molecule has 0 spiro atoms. The highest BCUT2D eigenvalue weighted by molar-refractivity contribution is 9.10. The van der Waals surface area contributed by atoms with Gasteiger partial charge < -0.3 is 18.9 Å². The summed E-state index contributed by atoms with van der Waals surface area (Å²) < 4.78 is 22.0. The van der Waals surface area contributed by atoms with Gasteiger partial charge in [-0.05, 0) is 15.9 Å². The van der Waals surface area contributed by atoms with Gasteiger partial charge in [0.2, 0.25) is 0 Å². The summed E-state index contributed by atoms with van der Waals surface area (Å²) in [4.78, 5) is 4.43. The van der Waals surface area contributed by atoms with Crippen molar-refractivity contribution in [1.82, 2.24) is 4.98 Å². The lowest BCUT2D eigenvalue weighted by Crippen LogP contribution is -2.48. The molecular formula is C12H16BrNO4. The van der Waals surface area contributed by atoms with Gasteiger partial charge in [-0.25, -0.2) is 4.98 Å².